The molecular formula is C15H37BN3O3+. The van der Waals surface area contributed by atoms with E-state index in [9.17, 15) is 14.5 Å². The average molecular weight is 318 g/mol. The molecule has 0 heterocycles. The first-order valence-electron chi connectivity index (χ1n) is 7.36. The molecule has 0 atom stereocenters. The van der Waals surface area contributed by atoms with Crippen molar-refractivity contribution < 1.29 is 14.3 Å². The van der Waals surface area contributed by atoms with E-state index in [0.717, 1.165) is 6.71 Å². The van der Waals surface area contributed by atoms with Crippen molar-refractivity contribution in [2.45, 2.75) is 53.7 Å². The van der Waals surface area contributed by atoms with E-state index in [1.54, 1.807) is 6.92 Å². The summed E-state index contributed by atoms with van der Waals surface area (Å²) in [5, 5.41) is 2.75. The maximum Gasteiger partial charge on any atom is 0.429 e. The van der Waals surface area contributed by atoms with E-state index >= 15 is 0 Å². The van der Waals surface area contributed by atoms with Gasteiger partial charge >= 0.3 is 5.91 Å². The number of carbonyl (C=O) groups is 2. The number of nitrogens with zero attached hydrogens (tertiary/aromatic N) is 2. The van der Waals surface area contributed by atoms with Gasteiger partial charge in [0.05, 0.1) is 17.2 Å². The number of ketones is 1. The molecule has 132 valence electrons. The van der Waals surface area contributed by atoms with Crippen LogP contribution in [0.5, 0.6) is 0 Å². The van der Waals surface area contributed by atoms with E-state index in [1.807, 2.05) is 46.9 Å². The molecule has 0 aromatic carbocycles. The summed E-state index contributed by atoms with van der Waals surface area (Å²) in [6.45, 7) is 14.0. The maximum atomic E-state index is 10.9. The second kappa shape index (κ2) is 16.3. The molecule has 0 aliphatic rings. The Hall–Kier alpha value is -1.08. The lowest BCUT2D eigenvalue weighted by Crippen LogP contribution is -2.44. The lowest BCUT2D eigenvalue weighted by atomic mass is 9.58. The normalized spacial score (nSPS) is 9.14. The van der Waals surface area contributed by atoms with Crippen molar-refractivity contribution in [2.24, 2.45) is 0 Å². The summed E-state index contributed by atoms with van der Waals surface area (Å²) in [6.07, 6.45) is 0. The van der Waals surface area contributed by atoms with Crippen LogP contribution < -0.4 is 5.32 Å². The first-order chi connectivity index (χ1) is 9.68. The maximum absolute atomic E-state index is 10.9. The minimum atomic E-state index is -0.463. The van der Waals surface area contributed by atoms with Crippen molar-refractivity contribution in [1.29, 1.82) is 0 Å². The SMILES string of the molecule is CB(C)C.CC(=O)C(C)(C)N(C)C.CC(=O)[N+](C)=O.CNC. The zero-order chi connectivity index (χ0) is 19.1. The Balaban J connectivity index is -0.000000108. The van der Waals surface area contributed by atoms with Gasteiger partial charge in [-0.15, -0.1) is 0 Å². The van der Waals surface area contributed by atoms with Crippen LogP contribution in [-0.2, 0) is 9.59 Å². The van der Waals surface area contributed by atoms with Crippen molar-refractivity contribution in [3.05, 3.63) is 4.91 Å². The van der Waals surface area contributed by atoms with Crippen LogP contribution in [0, 0.1) is 4.91 Å². The number of hydrogen-bond acceptors (Lipinski definition) is 5. The number of nitroso groups, excluding NO2 is 1. The Morgan fingerprint density at radius 1 is 1.05 bits per heavy atom. The quantitative estimate of drug-likeness (QED) is 0.623. The molecule has 0 rings (SSSR count). The van der Waals surface area contributed by atoms with Crippen LogP contribution in [0.4, 0.5) is 0 Å². The molecule has 22 heavy (non-hydrogen) atoms. The fourth-order valence-corrected chi connectivity index (χ4v) is 0.315. The highest BCUT2D eigenvalue weighted by Crippen LogP contribution is 2.09. The van der Waals surface area contributed by atoms with Crippen LogP contribution in [0.2, 0.25) is 20.5 Å². The second-order valence-electron chi connectivity index (χ2n) is 6.26. The fraction of sp³-hybridized carbons (Fsp3) is 0.867. The third-order valence-corrected chi connectivity index (χ3v) is 2.42. The van der Waals surface area contributed by atoms with Crippen molar-refractivity contribution >= 4 is 18.4 Å². The van der Waals surface area contributed by atoms with Crippen LogP contribution in [0.1, 0.15) is 27.7 Å². The minimum Gasteiger partial charge on any atom is -0.323 e. The molecule has 0 aromatic heterocycles. The van der Waals surface area contributed by atoms with E-state index in [2.05, 4.69) is 25.8 Å². The monoisotopic (exact) mass is 318 g/mol. The number of rotatable bonds is 2. The van der Waals surface area contributed by atoms with Crippen molar-refractivity contribution in [3.8, 4) is 0 Å². The molecule has 0 fully saturated rings. The van der Waals surface area contributed by atoms with Gasteiger partial charge in [-0.25, -0.2) is 4.79 Å². The topological polar surface area (TPSA) is 69.5 Å². The van der Waals surface area contributed by atoms with Crippen molar-refractivity contribution in [2.75, 3.05) is 35.2 Å². The molecule has 0 saturated heterocycles. The number of carbonyl (C=O) groups excluding carboxylic acids is 2. The largest absolute Gasteiger partial charge is 0.429 e. The van der Waals surface area contributed by atoms with Gasteiger partial charge in [0.15, 0.2) is 7.05 Å². The molecule has 0 saturated carbocycles. The summed E-state index contributed by atoms with van der Waals surface area (Å²) >= 11 is 0. The Morgan fingerprint density at radius 3 is 1.23 bits per heavy atom. The molecule has 0 bridgehead atoms. The fourth-order valence-electron chi connectivity index (χ4n) is 0.315. The van der Waals surface area contributed by atoms with Gasteiger partial charge in [0.25, 0.3) is 0 Å². The second-order valence-corrected chi connectivity index (χ2v) is 6.26. The van der Waals surface area contributed by atoms with E-state index in [0.29, 0.717) is 0 Å². The van der Waals surface area contributed by atoms with E-state index in [4.69, 9.17) is 0 Å². The van der Waals surface area contributed by atoms with Crippen LogP contribution in [-0.4, -0.2) is 68.8 Å². The number of nitrogens with one attached hydrogen (secondary N) is 1. The summed E-state index contributed by atoms with van der Waals surface area (Å²) in [5.41, 5.74) is -0.306. The number of likely N-dealkylation sites (N-methyl/N-ethyl adjacent to an activating group) is 1. The molecule has 0 aliphatic carbocycles. The Bertz CT molecular complexity index is 302. The minimum absolute atomic E-state index is 0.201. The van der Waals surface area contributed by atoms with E-state index in [1.165, 1.54) is 14.0 Å². The standard InChI is InChI=1S/C7H15NO.C3H9B.C3H6NO2.C2H7N/c1-6(9)7(2,3)8(4)5;1-4(2)3;1-3(5)4(2)6;1-3-2/h1-5H3;1-3H3;1-2H3;3H,1-2H3/q;;+1;. The van der Waals surface area contributed by atoms with Gasteiger partial charge in [-0.05, 0) is 49.0 Å². The molecule has 7 heteroatoms. The first-order valence-corrected chi connectivity index (χ1v) is 7.36. The van der Waals surface area contributed by atoms with Gasteiger partial charge in [-0.1, -0.05) is 20.5 Å². The lowest BCUT2D eigenvalue weighted by molar-refractivity contribution is -0.436. The molecule has 1 amide bonds. The average Bonchev–Trinajstić information content (AvgIpc) is 2.29. The molecule has 0 aromatic rings. The third kappa shape index (κ3) is 27.3. The smallest absolute Gasteiger partial charge is 0.323 e. The molecule has 0 aliphatic heterocycles. The Kier molecular flexibility index (Phi) is 21.5. The highest BCUT2D eigenvalue weighted by atomic mass is 16.3. The zero-order valence-corrected chi connectivity index (χ0v) is 16.7. The van der Waals surface area contributed by atoms with Crippen LogP contribution >= 0.6 is 0 Å². The Labute approximate surface area is 137 Å². The summed E-state index contributed by atoms with van der Waals surface area (Å²) in [6, 6.07) is 0. The van der Waals surface area contributed by atoms with Crippen LogP contribution in [0.25, 0.3) is 0 Å². The van der Waals surface area contributed by atoms with Gasteiger partial charge < -0.3 is 5.32 Å². The summed E-state index contributed by atoms with van der Waals surface area (Å²) in [5.74, 6) is -0.262. The van der Waals surface area contributed by atoms with Crippen molar-refractivity contribution in [1.82, 2.24) is 10.2 Å². The van der Waals surface area contributed by atoms with E-state index in [-0.39, 0.29) is 16.1 Å². The highest BCUT2D eigenvalue weighted by Gasteiger charge is 2.25. The van der Waals surface area contributed by atoms with Gasteiger partial charge in [-0.2, -0.15) is 0 Å². The Morgan fingerprint density at radius 2 is 1.23 bits per heavy atom. The molecule has 6 nitrogen and oxygen atoms in total. The molecule has 1 N–H and O–H groups in total. The summed E-state index contributed by atoms with van der Waals surface area (Å²) < 4.78 is 0.278. The van der Waals surface area contributed by atoms with Gasteiger partial charge in [-0.3, -0.25) is 9.69 Å². The van der Waals surface area contributed by atoms with Crippen molar-refractivity contribution in [3.63, 3.8) is 0 Å². The summed E-state index contributed by atoms with van der Waals surface area (Å²) in [7, 11) is 8.73. The van der Waals surface area contributed by atoms with Crippen LogP contribution in [0.3, 0.4) is 0 Å². The number of Topliss-reactive ketones (excluding diaryl/α,β-unsaturated/α-hetero) is 1. The number of amides is 1. The third-order valence-electron chi connectivity index (χ3n) is 2.42. The van der Waals surface area contributed by atoms with Gasteiger partial charge in [0.1, 0.15) is 12.5 Å². The molecule has 0 unspecified atom stereocenters. The van der Waals surface area contributed by atoms with E-state index < -0.39 is 5.91 Å². The lowest BCUT2D eigenvalue weighted by Gasteiger charge is -2.29. The van der Waals surface area contributed by atoms with Gasteiger partial charge in [0.2, 0.25) is 0 Å². The summed E-state index contributed by atoms with van der Waals surface area (Å²) in [4.78, 5) is 32.2. The molecule has 0 radical (unpaired) electrons. The molecule has 0 spiro atoms. The first kappa shape index (κ1) is 29.0. The zero-order valence-electron chi connectivity index (χ0n) is 16.7. The van der Waals surface area contributed by atoms with Crippen LogP contribution in [0.15, 0.2) is 0 Å². The predicted octanol–water partition coefficient (Wildman–Crippen LogP) is 2.06. The number of hydrogen-bond donors (Lipinski definition) is 1. The predicted molar refractivity (Wildman–Crippen MR) is 97.0 cm³/mol. The highest BCUT2D eigenvalue weighted by molar-refractivity contribution is 6.54. The van der Waals surface area contributed by atoms with Gasteiger partial charge in [0, 0.05) is 4.91 Å². The molecular weight excluding hydrogens is 281 g/mol.